The summed E-state index contributed by atoms with van der Waals surface area (Å²) in [6.45, 7) is 0. The van der Waals surface area contributed by atoms with Gasteiger partial charge in [-0.25, -0.2) is 0 Å². The van der Waals surface area contributed by atoms with Gasteiger partial charge in [0.05, 0.1) is 6.10 Å². The highest BCUT2D eigenvalue weighted by atomic mass is 16.3. The number of benzene rings is 4. The van der Waals surface area contributed by atoms with Gasteiger partial charge in [-0.05, 0) is 65.2 Å². The third kappa shape index (κ3) is 3.17. The highest BCUT2D eigenvalue weighted by Gasteiger charge is 2.38. The average molecular weight is 468 g/mol. The lowest BCUT2D eigenvalue weighted by atomic mass is 9.82. The number of aliphatic hydroxyl groups is 1. The number of phenols is 5. The molecule has 1 unspecified atom stereocenters. The minimum atomic E-state index is -1.21. The second kappa shape index (κ2) is 7.44. The molecule has 0 fully saturated rings. The van der Waals surface area contributed by atoms with E-state index in [9.17, 15) is 30.6 Å². The van der Waals surface area contributed by atoms with Crippen LogP contribution in [-0.4, -0.2) is 30.6 Å². The lowest BCUT2D eigenvalue weighted by Gasteiger charge is -2.25. The van der Waals surface area contributed by atoms with Gasteiger partial charge in [0.2, 0.25) is 0 Å². The van der Waals surface area contributed by atoms with Crippen LogP contribution in [0.2, 0.25) is 0 Å². The maximum Gasteiger partial charge on any atom is 0.143 e. The molecule has 7 nitrogen and oxygen atoms in total. The van der Waals surface area contributed by atoms with E-state index in [0.29, 0.717) is 50.1 Å². The Balaban J connectivity index is 1.77. The van der Waals surface area contributed by atoms with Gasteiger partial charge in [0, 0.05) is 40.1 Å². The minimum absolute atomic E-state index is 0.0528. The lowest BCUT2D eigenvalue weighted by Crippen LogP contribution is -2.12. The van der Waals surface area contributed by atoms with Gasteiger partial charge in [0.25, 0.3) is 0 Å². The molecular weight excluding hydrogens is 448 g/mol. The Labute approximate surface area is 199 Å². The molecule has 0 aliphatic heterocycles. The van der Waals surface area contributed by atoms with Crippen molar-refractivity contribution in [1.29, 1.82) is 0 Å². The van der Waals surface area contributed by atoms with E-state index in [0.717, 1.165) is 0 Å². The molecule has 0 radical (unpaired) electrons. The monoisotopic (exact) mass is 468 g/mol. The van der Waals surface area contributed by atoms with Crippen molar-refractivity contribution in [3.8, 4) is 51.2 Å². The molecule has 0 amide bonds. The van der Waals surface area contributed by atoms with Crippen molar-refractivity contribution < 1.29 is 35.1 Å². The van der Waals surface area contributed by atoms with Gasteiger partial charge in [0.1, 0.15) is 40.1 Å². The first kappa shape index (κ1) is 20.9. The van der Waals surface area contributed by atoms with Crippen molar-refractivity contribution in [3.05, 3.63) is 89.5 Å². The largest absolute Gasteiger partial charge is 0.508 e. The van der Waals surface area contributed by atoms with Gasteiger partial charge in [-0.1, -0.05) is 12.1 Å². The molecule has 0 saturated carbocycles. The smallest absolute Gasteiger partial charge is 0.143 e. The molecule has 1 aliphatic carbocycles. The Morgan fingerprint density at radius 3 is 1.97 bits per heavy atom. The van der Waals surface area contributed by atoms with E-state index >= 15 is 0 Å². The average Bonchev–Trinajstić information content (AvgIpc) is 3.15. The van der Waals surface area contributed by atoms with E-state index in [-0.39, 0.29) is 28.7 Å². The molecule has 0 bridgehead atoms. The van der Waals surface area contributed by atoms with Crippen LogP contribution in [0.25, 0.3) is 33.4 Å². The van der Waals surface area contributed by atoms with Crippen LogP contribution >= 0.6 is 0 Å². The third-order valence-electron chi connectivity index (χ3n) is 6.55. The highest BCUT2D eigenvalue weighted by molar-refractivity contribution is 6.06. The van der Waals surface area contributed by atoms with Gasteiger partial charge >= 0.3 is 0 Å². The van der Waals surface area contributed by atoms with Gasteiger partial charge in [0.15, 0.2) is 0 Å². The number of hydrogen-bond acceptors (Lipinski definition) is 7. The van der Waals surface area contributed by atoms with Gasteiger partial charge in [-0.15, -0.1) is 0 Å². The molecule has 2 atom stereocenters. The summed E-state index contributed by atoms with van der Waals surface area (Å²) in [7, 11) is 0. The zero-order chi connectivity index (χ0) is 24.4. The van der Waals surface area contributed by atoms with Crippen molar-refractivity contribution >= 4 is 11.0 Å². The zero-order valence-electron chi connectivity index (χ0n) is 18.2. The first-order chi connectivity index (χ1) is 16.8. The van der Waals surface area contributed by atoms with Crippen molar-refractivity contribution in [2.45, 2.75) is 12.0 Å². The topological polar surface area (TPSA) is 135 Å². The second-order valence-corrected chi connectivity index (χ2v) is 8.70. The summed E-state index contributed by atoms with van der Waals surface area (Å²) in [4.78, 5) is 0. The van der Waals surface area contributed by atoms with E-state index in [1.165, 1.54) is 48.5 Å². The fraction of sp³-hybridized carbons (Fsp3) is 0.0714. The number of aromatic hydroxyl groups is 5. The highest BCUT2D eigenvalue weighted by Crippen LogP contribution is 2.56. The number of rotatable bonds is 2. The van der Waals surface area contributed by atoms with Crippen LogP contribution in [0.15, 0.2) is 77.2 Å². The van der Waals surface area contributed by atoms with E-state index < -0.39 is 12.0 Å². The van der Waals surface area contributed by atoms with Crippen LogP contribution < -0.4 is 0 Å². The summed E-state index contributed by atoms with van der Waals surface area (Å²) >= 11 is 0. The fourth-order valence-electron chi connectivity index (χ4n) is 5.08. The molecule has 4 aromatic carbocycles. The van der Waals surface area contributed by atoms with E-state index in [4.69, 9.17) is 4.42 Å². The Morgan fingerprint density at radius 1 is 0.657 bits per heavy atom. The summed E-state index contributed by atoms with van der Waals surface area (Å²) in [5, 5.41) is 63.8. The summed E-state index contributed by atoms with van der Waals surface area (Å²) in [6.07, 6.45) is -1.21. The molecule has 1 heterocycles. The van der Waals surface area contributed by atoms with Crippen molar-refractivity contribution in [2.24, 2.45) is 0 Å². The number of aliphatic hydroxyl groups excluding tert-OH is 1. The molecule has 6 rings (SSSR count). The lowest BCUT2D eigenvalue weighted by molar-refractivity contribution is 0.159. The standard InChI is InChI=1S/C28H20O7/c29-15-5-1-13(2-6-15)23-24-19(9-17(31)11-21(24)33)26-25-20(27(23)34)10-18(32)12-22(25)35-28(26)14-3-7-16(30)8-4-14/h1-12,23,27,29-34H/t23-,27?/m0/s1. The Morgan fingerprint density at radius 2 is 1.29 bits per heavy atom. The molecule has 5 aromatic rings. The Kier molecular flexibility index (Phi) is 4.46. The van der Waals surface area contributed by atoms with Gasteiger partial charge < -0.3 is 35.1 Å². The van der Waals surface area contributed by atoms with E-state index in [1.54, 1.807) is 24.3 Å². The van der Waals surface area contributed by atoms with Crippen molar-refractivity contribution in [3.63, 3.8) is 0 Å². The fourth-order valence-corrected chi connectivity index (χ4v) is 5.08. The minimum Gasteiger partial charge on any atom is -0.508 e. The summed E-state index contributed by atoms with van der Waals surface area (Å²) in [6, 6.07) is 18.3. The maximum absolute atomic E-state index is 11.7. The number of hydrogen-bond donors (Lipinski definition) is 6. The van der Waals surface area contributed by atoms with Crippen molar-refractivity contribution in [2.75, 3.05) is 0 Å². The molecule has 174 valence electrons. The van der Waals surface area contributed by atoms with E-state index in [1.807, 2.05) is 0 Å². The number of fused-ring (bicyclic) bond motifs is 2. The first-order valence-corrected chi connectivity index (χ1v) is 10.9. The van der Waals surface area contributed by atoms with Gasteiger partial charge in [-0.2, -0.15) is 0 Å². The van der Waals surface area contributed by atoms with Crippen LogP contribution in [0.4, 0.5) is 0 Å². The van der Waals surface area contributed by atoms with Crippen LogP contribution in [0.5, 0.6) is 28.7 Å². The first-order valence-electron chi connectivity index (χ1n) is 10.9. The predicted octanol–water partition coefficient (Wildman–Crippen LogP) is 5.47. The number of phenolic OH excluding ortho intramolecular Hbond substituents is 5. The summed E-state index contributed by atoms with van der Waals surface area (Å²) < 4.78 is 6.17. The Bertz CT molecular complexity index is 1600. The molecule has 6 N–H and O–H groups in total. The maximum atomic E-state index is 11.7. The third-order valence-corrected chi connectivity index (χ3v) is 6.55. The van der Waals surface area contributed by atoms with Crippen LogP contribution in [-0.2, 0) is 0 Å². The van der Waals surface area contributed by atoms with Gasteiger partial charge in [-0.3, -0.25) is 0 Å². The summed E-state index contributed by atoms with van der Waals surface area (Å²) in [5.41, 5.74) is 3.27. The molecule has 35 heavy (non-hydrogen) atoms. The Hall–Kier alpha value is -4.62. The quantitative estimate of drug-likeness (QED) is 0.202. The molecular formula is C28H20O7. The van der Waals surface area contributed by atoms with Crippen LogP contribution in [0.3, 0.4) is 0 Å². The molecule has 1 aliphatic rings. The van der Waals surface area contributed by atoms with Crippen LogP contribution in [0.1, 0.15) is 28.7 Å². The second-order valence-electron chi connectivity index (χ2n) is 8.70. The summed E-state index contributed by atoms with van der Waals surface area (Å²) in [5.74, 6) is -0.780. The number of furan rings is 1. The molecule has 1 aromatic heterocycles. The van der Waals surface area contributed by atoms with Crippen LogP contribution in [0, 0.1) is 0 Å². The normalized spacial score (nSPS) is 16.7. The molecule has 7 heteroatoms. The SMILES string of the molecule is Oc1ccc(-c2oc3cc(O)cc4c3c2-c2cc(O)cc(O)c2[C@H](c2ccc(O)cc2)C4O)cc1. The molecule has 0 spiro atoms. The predicted molar refractivity (Wildman–Crippen MR) is 129 cm³/mol. The van der Waals surface area contributed by atoms with E-state index in [2.05, 4.69) is 0 Å². The van der Waals surface area contributed by atoms with Crippen molar-refractivity contribution in [1.82, 2.24) is 0 Å². The zero-order valence-corrected chi connectivity index (χ0v) is 18.2. The molecule has 0 saturated heterocycles.